The van der Waals surface area contributed by atoms with Crippen molar-refractivity contribution in [2.24, 2.45) is 11.8 Å². The van der Waals surface area contributed by atoms with Crippen molar-refractivity contribution in [2.75, 3.05) is 13.1 Å². The average molecular weight is 222 g/mol. The first kappa shape index (κ1) is 11.0. The van der Waals surface area contributed by atoms with Crippen LogP contribution < -0.4 is 10.6 Å². The van der Waals surface area contributed by atoms with E-state index in [1.807, 2.05) is 0 Å². The summed E-state index contributed by atoms with van der Waals surface area (Å²) in [5, 5.41) is 7.59. The average Bonchev–Trinajstić information content (AvgIpc) is 2.91. The largest absolute Gasteiger partial charge is 0.312 e. The molecule has 16 heavy (non-hydrogen) atoms. The summed E-state index contributed by atoms with van der Waals surface area (Å²) in [4.78, 5) is 0. The zero-order chi connectivity index (χ0) is 11.0. The van der Waals surface area contributed by atoms with Crippen LogP contribution in [0.4, 0.5) is 0 Å². The summed E-state index contributed by atoms with van der Waals surface area (Å²) in [5.41, 5.74) is 0.457. The Labute approximate surface area is 99.6 Å². The SMILES string of the molecule is CC1(NCC2NCC3CCCC32)CCCC1. The summed E-state index contributed by atoms with van der Waals surface area (Å²) in [5.74, 6) is 1.99. The third kappa shape index (κ3) is 2.02. The van der Waals surface area contributed by atoms with Gasteiger partial charge in [-0.3, -0.25) is 0 Å². The van der Waals surface area contributed by atoms with E-state index in [-0.39, 0.29) is 0 Å². The molecular weight excluding hydrogens is 196 g/mol. The van der Waals surface area contributed by atoms with Gasteiger partial charge in [0, 0.05) is 18.1 Å². The van der Waals surface area contributed by atoms with E-state index in [1.54, 1.807) is 0 Å². The van der Waals surface area contributed by atoms with Crippen LogP contribution in [0.5, 0.6) is 0 Å². The second-order valence-electron chi connectivity index (χ2n) is 6.52. The minimum atomic E-state index is 0.457. The summed E-state index contributed by atoms with van der Waals surface area (Å²) in [6, 6.07) is 0.768. The predicted molar refractivity (Wildman–Crippen MR) is 67.5 cm³/mol. The Morgan fingerprint density at radius 3 is 2.81 bits per heavy atom. The molecule has 2 aliphatic carbocycles. The van der Waals surface area contributed by atoms with Crippen LogP contribution in [0.1, 0.15) is 51.9 Å². The highest BCUT2D eigenvalue weighted by Gasteiger charge is 2.39. The molecule has 0 aromatic heterocycles. The van der Waals surface area contributed by atoms with Crippen molar-refractivity contribution in [2.45, 2.75) is 63.5 Å². The maximum absolute atomic E-state index is 3.85. The molecule has 3 fully saturated rings. The monoisotopic (exact) mass is 222 g/mol. The fraction of sp³-hybridized carbons (Fsp3) is 1.00. The second kappa shape index (κ2) is 4.30. The maximum Gasteiger partial charge on any atom is 0.0224 e. The van der Waals surface area contributed by atoms with Gasteiger partial charge in [-0.05, 0) is 51.0 Å². The number of hydrogen-bond donors (Lipinski definition) is 2. The Balaban J connectivity index is 1.51. The highest BCUT2D eigenvalue weighted by atomic mass is 15.1. The van der Waals surface area contributed by atoms with E-state index >= 15 is 0 Å². The number of hydrogen-bond acceptors (Lipinski definition) is 2. The molecule has 3 atom stereocenters. The zero-order valence-corrected chi connectivity index (χ0v) is 10.6. The molecule has 2 saturated carbocycles. The molecule has 0 bridgehead atoms. The van der Waals surface area contributed by atoms with Crippen LogP contribution in [0, 0.1) is 11.8 Å². The van der Waals surface area contributed by atoms with Crippen molar-refractivity contribution in [3.8, 4) is 0 Å². The molecule has 0 radical (unpaired) electrons. The minimum Gasteiger partial charge on any atom is -0.312 e. The van der Waals surface area contributed by atoms with Crippen molar-refractivity contribution >= 4 is 0 Å². The van der Waals surface area contributed by atoms with Gasteiger partial charge in [-0.1, -0.05) is 19.3 Å². The van der Waals surface area contributed by atoms with E-state index in [0.29, 0.717) is 5.54 Å². The summed E-state index contributed by atoms with van der Waals surface area (Å²) in [6.07, 6.45) is 10.0. The predicted octanol–water partition coefficient (Wildman–Crippen LogP) is 2.30. The van der Waals surface area contributed by atoms with Crippen LogP contribution in [0.3, 0.4) is 0 Å². The highest BCUT2D eigenvalue weighted by molar-refractivity contribution is 4.97. The van der Waals surface area contributed by atoms with Gasteiger partial charge in [-0.2, -0.15) is 0 Å². The Bertz CT molecular complexity index is 245. The summed E-state index contributed by atoms with van der Waals surface area (Å²) in [7, 11) is 0. The van der Waals surface area contributed by atoms with Crippen molar-refractivity contribution in [1.29, 1.82) is 0 Å². The molecular formula is C14H26N2. The first-order valence-corrected chi connectivity index (χ1v) is 7.25. The molecule has 1 heterocycles. The zero-order valence-electron chi connectivity index (χ0n) is 10.6. The van der Waals surface area contributed by atoms with E-state index in [9.17, 15) is 0 Å². The molecule has 2 heteroatoms. The fourth-order valence-electron chi connectivity index (χ4n) is 4.21. The Morgan fingerprint density at radius 1 is 1.19 bits per heavy atom. The van der Waals surface area contributed by atoms with Gasteiger partial charge in [0.1, 0.15) is 0 Å². The molecule has 2 nitrogen and oxygen atoms in total. The van der Waals surface area contributed by atoms with E-state index in [0.717, 1.165) is 17.9 Å². The lowest BCUT2D eigenvalue weighted by atomic mass is 9.93. The molecule has 0 aromatic carbocycles. The number of fused-ring (bicyclic) bond motifs is 1. The van der Waals surface area contributed by atoms with Crippen LogP contribution in [0.15, 0.2) is 0 Å². The summed E-state index contributed by atoms with van der Waals surface area (Å²) < 4.78 is 0. The van der Waals surface area contributed by atoms with Gasteiger partial charge >= 0.3 is 0 Å². The van der Waals surface area contributed by atoms with Crippen molar-refractivity contribution in [1.82, 2.24) is 10.6 Å². The van der Waals surface area contributed by atoms with Gasteiger partial charge in [-0.25, -0.2) is 0 Å². The Morgan fingerprint density at radius 2 is 2.00 bits per heavy atom. The molecule has 3 aliphatic rings. The molecule has 3 unspecified atom stereocenters. The first-order chi connectivity index (χ1) is 7.77. The van der Waals surface area contributed by atoms with Gasteiger partial charge in [0.05, 0.1) is 0 Å². The lowest BCUT2D eigenvalue weighted by molar-refractivity contribution is 0.314. The molecule has 0 aromatic rings. The minimum absolute atomic E-state index is 0.457. The highest BCUT2D eigenvalue weighted by Crippen LogP contribution is 2.38. The van der Waals surface area contributed by atoms with Crippen LogP contribution in [-0.2, 0) is 0 Å². The molecule has 3 rings (SSSR count). The lowest BCUT2D eigenvalue weighted by Gasteiger charge is -2.29. The quantitative estimate of drug-likeness (QED) is 0.765. The molecule has 0 amide bonds. The summed E-state index contributed by atoms with van der Waals surface area (Å²) in [6.45, 7) is 4.91. The van der Waals surface area contributed by atoms with E-state index in [4.69, 9.17) is 0 Å². The first-order valence-electron chi connectivity index (χ1n) is 7.25. The van der Waals surface area contributed by atoms with Crippen LogP contribution in [0.25, 0.3) is 0 Å². The van der Waals surface area contributed by atoms with Gasteiger partial charge in [0.15, 0.2) is 0 Å². The second-order valence-corrected chi connectivity index (χ2v) is 6.52. The van der Waals surface area contributed by atoms with Crippen LogP contribution in [-0.4, -0.2) is 24.7 Å². The molecule has 1 saturated heterocycles. The standard InChI is InChI=1S/C14H26N2/c1-14(7-2-3-8-14)16-10-13-12-6-4-5-11(12)9-15-13/h11-13,15-16H,2-10H2,1H3. The topological polar surface area (TPSA) is 24.1 Å². The Hall–Kier alpha value is -0.0800. The summed E-state index contributed by atoms with van der Waals surface area (Å²) >= 11 is 0. The van der Waals surface area contributed by atoms with E-state index < -0.39 is 0 Å². The fourth-order valence-corrected chi connectivity index (χ4v) is 4.21. The van der Waals surface area contributed by atoms with Gasteiger partial charge in [-0.15, -0.1) is 0 Å². The van der Waals surface area contributed by atoms with Gasteiger partial charge in [0.2, 0.25) is 0 Å². The normalized spacial score (nSPS) is 41.4. The molecule has 1 aliphatic heterocycles. The maximum atomic E-state index is 3.85. The van der Waals surface area contributed by atoms with Gasteiger partial charge in [0.25, 0.3) is 0 Å². The Kier molecular flexibility index (Phi) is 2.97. The third-order valence-electron chi connectivity index (χ3n) is 5.33. The van der Waals surface area contributed by atoms with Crippen LogP contribution in [0.2, 0.25) is 0 Å². The molecule has 92 valence electrons. The molecule has 2 N–H and O–H groups in total. The number of nitrogens with one attached hydrogen (secondary N) is 2. The number of rotatable bonds is 3. The van der Waals surface area contributed by atoms with E-state index in [1.165, 1.54) is 58.0 Å². The van der Waals surface area contributed by atoms with Crippen molar-refractivity contribution in [3.05, 3.63) is 0 Å². The third-order valence-corrected chi connectivity index (χ3v) is 5.33. The lowest BCUT2D eigenvalue weighted by Crippen LogP contribution is -2.47. The smallest absolute Gasteiger partial charge is 0.0224 e. The molecule has 0 spiro atoms. The van der Waals surface area contributed by atoms with E-state index in [2.05, 4.69) is 17.6 Å². The van der Waals surface area contributed by atoms with Crippen molar-refractivity contribution in [3.63, 3.8) is 0 Å². The van der Waals surface area contributed by atoms with Crippen LogP contribution >= 0.6 is 0 Å². The van der Waals surface area contributed by atoms with Gasteiger partial charge < -0.3 is 10.6 Å². The van der Waals surface area contributed by atoms with Crippen molar-refractivity contribution < 1.29 is 0 Å².